The highest BCUT2D eigenvalue weighted by Gasteiger charge is 2.21. The van der Waals surface area contributed by atoms with Gasteiger partial charge in [-0.1, -0.05) is 133 Å². The molecule has 4 heteroatoms. The standard InChI is InChI=1S/C47H30N4/c1-3-15-31(16-4-1)40-27-33(28-41(48-40)32-17-5-2-6-18-32)49-42-23-11-7-21-36(42)38-29-39-37-22-10-14-26-45(37)51(47(39)30-46(38)49)50-43-24-12-8-19-34(43)35-20-9-13-25-44(35)50/h1-30H. The Morgan fingerprint density at radius 1 is 0.294 bits per heavy atom. The Balaban J connectivity index is 1.29. The normalized spacial score (nSPS) is 11.9. The quantitative estimate of drug-likeness (QED) is 0.186. The van der Waals surface area contributed by atoms with E-state index < -0.39 is 0 Å². The largest absolute Gasteiger partial charge is 0.309 e. The highest BCUT2D eigenvalue weighted by Crippen LogP contribution is 2.41. The molecule has 7 aromatic carbocycles. The van der Waals surface area contributed by atoms with E-state index in [0.717, 1.165) is 44.8 Å². The summed E-state index contributed by atoms with van der Waals surface area (Å²) in [4.78, 5) is 5.21. The zero-order valence-corrected chi connectivity index (χ0v) is 27.6. The van der Waals surface area contributed by atoms with E-state index in [1.165, 1.54) is 48.9 Å². The minimum Gasteiger partial charge on any atom is -0.309 e. The van der Waals surface area contributed by atoms with Gasteiger partial charge >= 0.3 is 0 Å². The van der Waals surface area contributed by atoms with E-state index in [9.17, 15) is 0 Å². The van der Waals surface area contributed by atoms with Crippen molar-refractivity contribution < 1.29 is 0 Å². The van der Waals surface area contributed by atoms with Crippen molar-refractivity contribution >= 4 is 65.4 Å². The molecule has 0 spiro atoms. The highest BCUT2D eigenvalue weighted by atomic mass is 15.5. The van der Waals surface area contributed by atoms with Gasteiger partial charge in [0.05, 0.1) is 50.2 Å². The molecule has 0 atom stereocenters. The molecule has 0 aliphatic rings. The molecule has 4 aromatic heterocycles. The van der Waals surface area contributed by atoms with Crippen LogP contribution in [0.3, 0.4) is 0 Å². The Labute approximate surface area is 293 Å². The number of hydrogen-bond donors (Lipinski definition) is 0. The molecule has 0 unspecified atom stereocenters. The molecule has 51 heavy (non-hydrogen) atoms. The van der Waals surface area contributed by atoms with Gasteiger partial charge in [0.2, 0.25) is 0 Å². The maximum absolute atomic E-state index is 5.21. The van der Waals surface area contributed by atoms with E-state index in [0.29, 0.717) is 0 Å². The molecule has 0 radical (unpaired) electrons. The Morgan fingerprint density at radius 3 is 1.22 bits per heavy atom. The maximum atomic E-state index is 5.21. The van der Waals surface area contributed by atoms with Crippen molar-refractivity contribution in [3.8, 4) is 28.2 Å². The summed E-state index contributed by atoms with van der Waals surface area (Å²) in [5.74, 6) is 0. The lowest BCUT2D eigenvalue weighted by atomic mass is 10.1. The molecule has 0 N–H and O–H groups in total. The predicted octanol–water partition coefficient (Wildman–Crippen LogP) is 12.0. The van der Waals surface area contributed by atoms with E-state index in [1.807, 2.05) is 0 Å². The Hall–Kier alpha value is -6.91. The summed E-state index contributed by atoms with van der Waals surface area (Å²) in [6.07, 6.45) is 0. The van der Waals surface area contributed by atoms with Crippen LogP contribution in [0.5, 0.6) is 0 Å². The fraction of sp³-hybridized carbons (Fsp3) is 0. The molecule has 4 heterocycles. The van der Waals surface area contributed by atoms with Crippen molar-refractivity contribution in [1.82, 2.24) is 18.9 Å². The first-order valence-electron chi connectivity index (χ1n) is 17.4. The lowest BCUT2D eigenvalue weighted by Crippen LogP contribution is -2.08. The smallest absolute Gasteiger partial charge is 0.0737 e. The number of hydrogen-bond acceptors (Lipinski definition) is 1. The van der Waals surface area contributed by atoms with E-state index in [1.54, 1.807) is 0 Å². The molecule has 0 saturated heterocycles. The van der Waals surface area contributed by atoms with E-state index >= 15 is 0 Å². The summed E-state index contributed by atoms with van der Waals surface area (Å²) in [5, 5.41) is 7.40. The van der Waals surface area contributed by atoms with Crippen LogP contribution in [0, 0.1) is 0 Å². The monoisotopic (exact) mass is 650 g/mol. The van der Waals surface area contributed by atoms with Crippen molar-refractivity contribution in [1.29, 1.82) is 0 Å². The van der Waals surface area contributed by atoms with Crippen molar-refractivity contribution in [2.24, 2.45) is 0 Å². The predicted molar refractivity (Wildman–Crippen MR) is 213 cm³/mol. The maximum Gasteiger partial charge on any atom is 0.0737 e. The second kappa shape index (κ2) is 10.8. The molecule has 0 amide bonds. The molecule has 4 nitrogen and oxygen atoms in total. The zero-order valence-electron chi connectivity index (χ0n) is 27.6. The molecule has 0 bridgehead atoms. The highest BCUT2D eigenvalue weighted by molar-refractivity contribution is 6.19. The van der Waals surface area contributed by atoms with Gasteiger partial charge in [-0.25, -0.2) is 14.3 Å². The second-order valence-electron chi connectivity index (χ2n) is 13.2. The van der Waals surface area contributed by atoms with Crippen LogP contribution in [0.25, 0.3) is 93.6 Å². The first kappa shape index (κ1) is 28.0. The first-order valence-corrected chi connectivity index (χ1v) is 17.4. The number of pyridine rings is 1. The molecule has 238 valence electrons. The van der Waals surface area contributed by atoms with E-state index in [-0.39, 0.29) is 0 Å². The van der Waals surface area contributed by atoms with Crippen molar-refractivity contribution in [3.05, 3.63) is 182 Å². The van der Waals surface area contributed by atoms with Gasteiger partial charge in [-0.2, -0.15) is 0 Å². The molecule has 11 rings (SSSR count). The van der Waals surface area contributed by atoms with Crippen LogP contribution in [0.4, 0.5) is 0 Å². The first-order chi connectivity index (χ1) is 25.3. The lowest BCUT2D eigenvalue weighted by Gasteiger charge is -2.15. The van der Waals surface area contributed by atoms with Crippen LogP contribution in [-0.4, -0.2) is 18.9 Å². The summed E-state index contributed by atoms with van der Waals surface area (Å²) < 4.78 is 7.26. The van der Waals surface area contributed by atoms with E-state index in [4.69, 9.17) is 4.98 Å². The fourth-order valence-corrected chi connectivity index (χ4v) is 8.18. The summed E-state index contributed by atoms with van der Waals surface area (Å²) in [5.41, 5.74) is 12.1. The van der Waals surface area contributed by atoms with Crippen LogP contribution >= 0.6 is 0 Å². The Morgan fingerprint density at radius 2 is 0.686 bits per heavy atom. The number of fused-ring (bicyclic) bond motifs is 9. The van der Waals surface area contributed by atoms with E-state index in [2.05, 4.69) is 196 Å². The molecule has 0 aliphatic heterocycles. The minimum absolute atomic E-state index is 0.943. The van der Waals surface area contributed by atoms with Gasteiger partial charge in [0.1, 0.15) is 0 Å². The summed E-state index contributed by atoms with van der Waals surface area (Å²) in [7, 11) is 0. The molecular formula is C47H30N4. The van der Waals surface area contributed by atoms with Gasteiger partial charge in [-0.15, -0.1) is 0 Å². The third-order valence-corrected chi connectivity index (χ3v) is 10.4. The number of benzene rings is 7. The van der Waals surface area contributed by atoms with Crippen molar-refractivity contribution in [3.63, 3.8) is 0 Å². The summed E-state index contributed by atoms with van der Waals surface area (Å²) in [6.45, 7) is 0. The van der Waals surface area contributed by atoms with Gasteiger partial charge in [0.25, 0.3) is 0 Å². The van der Waals surface area contributed by atoms with Gasteiger partial charge in [-0.3, -0.25) is 0 Å². The van der Waals surface area contributed by atoms with Crippen LogP contribution in [0.1, 0.15) is 0 Å². The van der Waals surface area contributed by atoms with Crippen LogP contribution in [0.2, 0.25) is 0 Å². The third kappa shape index (κ3) is 4.11. The molecule has 11 aromatic rings. The third-order valence-electron chi connectivity index (χ3n) is 10.4. The molecule has 0 fully saturated rings. The second-order valence-corrected chi connectivity index (χ2v) is 13.2. The fourth-order valence-electron chi connectivity index (χ4n) is 8.18. The average molecular weight is 651 g/mol. The average Bonchev–Trinajstić information content (AvgIpc) is 3.82. The lowest BCUT2D eigenvalue weighted by molar-refractivity contribution is 0.775. The van der Waals surface area contributed by atoms with Crippen LogP contribution in [-0.2, 0) is 0 Å². The number of nitrogens with zero attached hydrogens (tertiary/aromatic N) is 4. The molecule has 0 saturated carbocycles. The van der Waals surface area contributed by atoms with Crippen molar-refractivity contribution in [2.45, 2.75) is 0 Å². The molecular weight excluding hydrogens is 621 g/mol. The van der Waals surface area contributed by atoms with Crippen LogP contribution in [0.15, 0.2) is 182 Å². The topological polar surface area (TPSA) is 27.7 Å². The summed E-state index contributed by atoms with van der Waals surface area (Å²) in [6, 6.07) is 65.3. The van der Waals surface area contributed by atoms with Gasteiger partial charge in [-0.05, 0) is 48.5 Å². The number of aromatic nitrogens is 4. The number of para-hydroxylation sites is 4. The van der Waals surface area contributed by atoms with Gasteiger partial charge in [0, 0.05) is 43.4 Å². The minimum atomic E-state index is 0.943. The molecule has 0 aliphatic carbocycles. The van der Waals surface area contributed by atoms with Crippen LogP contribution < -0.4 is 0 Å². The Kier molecular flexibility index (Phi) is 5.92. The SMILES string of the molecule is c1ccc(-c2cc(-n3c4ccccc4c4cc5c6ccccc6n(-n6c7ccccc7c7ccccc76)c5cc43)cc(-c3ccccc3)n2)cc1. The number of rotatable bonds is 4. The zero-order chi connectivity index (χ0) is 33.5. The summed E-state index contributed by atoms with van der Waals surface area (Å²) >= 11 is 0. The Bertz CT molecular complexity index is 3020. The van der Waals surface area contributed by atoms with Gasteiger partial charge < -0.3 is 4.57 Å². The van der Waals surface area contributed by atoms with Gasteiger partial charge in [0.15, 0.2) is 0 Å². The van der Waals surface area contributed by atoms with Crippen molar-refractivity contribution in [2.75, 3.05) is 0 Å².